The standard InChI is InChI=1S/C14H25N3O3S/c1-10-15-12(9-16(10)5)21(18,19)17(6)11-8-14(4,20-7)13(11,2)3/h9,11H,8H2,1-7H3/t11-,14+/m1/s1. The molecule has 0 aromatic carbocycles. The molecule has 1 heterocycles. The molecule has 0 saturated heterocycles. The molecule has 0 radical (unpaired) electrons. The maximum absolute atomic E-state index is 12.7. The van der Waals surface area contributed by atoms with E-state index in [4.69, 9.17) is 4.74 Å². The van der Waals surface area contributed by atoms with Gasteiger partial charge in [-0.2, -0.15) is 4.31 Å². The van der Waals surface area contributed by atoms with E-state index in [1.54, 1.807) is 38.9 Å². The van der Waals surface area contributed by atoms with E-state index in [9.17, 15) is 8.42 Å². The van der Waals surface area contributed by atoms with Gasteiger partial charge in [-0.1, -0.05) is 13.8 Å². The smallest absolute Gasteiger partial charge is 0.262 e. The van der Waals surface area contributed by atoms with Gasteiger partial charge in [0.15, 0.2) is 5.03 Å². The minimum atomic E-state index is -3.58. The van der Waals surface area contributed by atoms with Crippen LogP contribution in [0, 0.1) is 12.3 Å². The highest BCUT2D eigenvalue weighted by Crippen LogP contribution is 2.54. The molecule has 0 bridgehead atoms. The van der Waals surface area contributed by atoms with E-state index in [0.717, 1.165) is 0 Å². The van der Waals surface area contributed by atoms with Crippen molar-refractivity contribution in [3.05, 3.63) is 12.0 Å². The molecule has 1 aliphatic carbocycles. The van der Waals surface area contributed by atoms with E-state index < -0.39 is 10.0 Å². The van der Waals surface area contributed by atoms with E-state index in [-0.39, 0.29) is 22.1 Å². The Kier molecular flexibility index (Phi) is 3.75. The van der Waals surface area contributed by atoms with Crippen molar-refractivity contribution in [2.45, 2.75) is 50.8 Å². The van der Waals surface area contributed by atoms with Crippen LogP contribution in [-0.2, 0) is 21.8 Å². The largest absolute Gasteiger partial charge is 0.378 e. The van der Waals surface area contributed by atoms with Gasteiger partial charge >= 0.3 is 0 Å². The zero-order valence-corrected chi connectivity index (χ0v) is 14.7. The summed E-state index contributed by atoms with van der Waals surface area (Å²) in [5, 5.41) is 0.104. The third-order valence-corrected chi connectivity index (χ3v) is 7.14. The normalized spacial score (nSPS) is 28.7. The molecule has 1 aromatic heterocycles. The molecule has 0 N–H and O–H groups in total. The lowest BCUT2D eigenvalue weighted by atomic mass is 9.56. The molecule has 21 heavy (non-hydrogen) atoms. The molecule has 1 fully saturated rings. The minimum Gasteiger partial charge on any atom is -0.378 e. The highest BCUT2D eigenvalue weighted by molar-refractivity contribution is 7.89. The Hall–Kier alpha value is -0.920. The number of methoxy groups -OCH3 is 1. The molecule has 7 heteroatoms. The molecule has 0 aliphatic heterocycles. The van der Waals surface area contributed by atoms with Crippen molar-refractivity contribution >= 4 is 10.0 Å². The van der Waals surface area contributed by atoms with Gasteiger partial charge in [0.1, 0.15) is 5.82 Å². The summed E-state index contributed by atoms with van der Waals surface area (Å²) in [6.07, 6.45) is 2.24. The second-order valence-electron chi connectivity index (χ2n) is 6.64. The van der Waals surface area contributed by atoms with Crippen molar-refractivity contribution in [3.63, 3.8) is 0 Å². The van der Waals surface area contributed by atoms with Crippen LogP contribution in [0.25, 0.3) is 0 Å². The first-order valence-electron chi connectivity index (χ1n) is 7.00. The van der Waals surface area contributed by atoms with Gasteiger partial charge in [0.2, 0.25) is 0 Å². The summed E-state index contributed by atoms with van der Waals surface area (Å²) in [4.78, 5) is 4.15. The number of ether oxygens (including phenoxy) is 1. The number of aromatic nitrogens is 2. The maximum atomic E-state index is 12.7. The predicted molar refractivity (Wildman–Crippen MR) is 80.5 cm³/mol. The fraction of sp³-hybridized carbons (Fsp3) is 0.786. The lowest BCUT2D eigenvalue weighted by Crippen LogP contribution is -2.68. The molecule has 1 aliphatic rings. The highest BCUT2D eigenvalue weighted by atomic mass is 32.2. The molecule has 1 saturated carbocycles. The monoisotopic (exact) mass is 315 g/mol. The van der Waals surface area contributed by atoms with Crippen LogP contribution in [0.15, 0.2) is 11.2 Å². The SMILES string of the molecule is CO[C@@]1(C)C[C@@H](N(C)S(=O)(=O)c2cn(C)c(C)n2)C1(C)C. The quantitative estimate of drug-likeness (QED) is 0.846. The average molecular weight is 315 g/mol. The molecular formula is C14H25N3O3S. The lowest BCUT2D eigenvalue weighted by molar-refractivity contribution is -0.193. The van der Waals surface area contributed by atoms with E-state index >= 15 is 0 Å². The number of rotatable bonds is 4. The molecule has 0 spiro atoms. The zero-order chi connectivity index (χ0) is 16.2. The summed E-state index contributed by atoms with van der Waals surface area (Å²) in [7, 11) is 1.51. The van der Waals surface area contributed by atoms with Gasteiger partial charge < -0.3 is 9.30 Å². The first-order valence-corrected chi connectivity index (χ1v) is 8.44. The number of aryl methyl sites for hydroxylation is 2. The maximum Gasteiger partial charge on any atom is 0.262 e. The van der Waals surface area contributed by atoms with Crippen molar-refractivity contribution in [2.75, 3.05) is 14.2 Å². The fourth-order valence-corrected chi connectivity index (χ4v) is 4.51. The average Bonchev–Trinajstić information content (AvgIpc) is 2.75. The van der Waals surface area contributed by atoms with Gasteiger partial charge in [0.25, 0.3) is 10.0 Å². The Morgan fingerprint density at radius 2 is 2.00 bits per heavy atom. The minimum absolute atomic E-state index is 0.102. The summed E-state index contributed by atoms with van der Waals surface area (Å²) >= 11 is 0. The van der Waals surface area contributed by atoms with Gasteiger partial charge in [0, 0.05) is 38.9 Å². The van der Waals surface area contributed by atoms with E-state index in [1.807, 2.05) is 20.8 Å². The van der Waals surface area contributed by atoms with E-state index in [1.165, 1.54) is 4.31 Å². The molecule has 120 valence electrons. The second-order valence-corrected chi connectivity index (χ2v) is 8.58. The summed E-state index contributed by atoms with van der Waals surface area (Å²) in [6, 6.07) is -0.102. The Morgan fingerprint density at radius 3 is 2.38 bits per heavy atom. The Labute approximate surface area is 127 Å². The van der Waals surface area contributed by atoms with Gasteiger partial charge in [-0.05, 0) is 20.3 Å². The summed E-state index contributed by atoms with van der Waals surface area (Å²) in [5.41, 5.74) is -0.561. The highest BCUT2D eigenvalue weighted by Gasteiger charge is 2.60. The van der Waals surface area contributed by atoms with E-state index in [2.05, 4.69) is 4.98 Å². The van der Waals surface area contributed by atoms with Crippen LogP contribution in [0.2, 0.25) is 0 Å². The molecular weight excluding hydrogens is 290 g/mol. The fourth-order valence-electron chi connectivity index (χ4n) is 3.00. The predicted octanol–water partition coefficient (Wildman–Crippen LogP) is 1.55. The van der Waals surface area contributed by atoms with Crippen LogP contribution in [0.3, 0.4) is 0 Å². The summed E-state index contributed by atoms with van der Waals surface area (Å²) in [6.45, 7) is 7.89. The van der Waals surface area contributed by atoms with Crippen molar-refractivity contribution in [1.29, 1.82) is 0 Å². The third-order valence-electron chi connectivity index (χ3n) is 5.40. The van der Waals surface area contributed by atoms with Crippen molar-refractivity contribution in [2.24, 2.45) is 12.5 Å². The number of nitrogens with zero attached hydrogens (tertiary/aromatic N) is 3. The Morgan fingerprint density at radius 1 is 1.43 bits per heavy atom. The van der Waals surface area contributed by atoms with Gasteiger partial charge in [-0.15, -0.1) is 0 Å². The summed E-state index contributed by atoms with van der Waals surface area (Å²) < 4.78 is 34.2. The third kappa shape index (κ3) is 2.22. The summed E-state index contributed by atoms with van der Waals surface area (Å²) in [5.74, 6) is 0.677. The van der Waals surface area contributed by atoms with Gasteiger partial charge in [-0.3, -0.25) is 0 Å². The molecule has 2 atom stereocenters. The zero-order valence-electron chi connectivity index (χ0n) is 13.8. The van der Waals surface area contributed by atoms with Crippen LogP contribution in [0.4, 0.5) is 0 Å². The molecule has 2 rings (SSSR count). The van der Waals surface area contributed by atoms with Crippen LogP contribution in [0.5, 0.6) is 0 Å². The van der Waals surface area contributed by atoms with E-state index in [0.29, 0.717) is 12.2 Å². The van der Waals surface area contributed by atoms with Crippen molar-refractivity contribution in [3.8, 4) is 0 Å². The van der Waals surface area contributed by atoms with Crippen molar-refractivity contribution in [1.82, 2.24) is 13.9 Å². The number of hydrogen-bond acceptors (Lipinski definition) is 4. The van der Waals surface area contributed by atoms with Crippen LogP contribution in [-0.4, -0.2) is 48.1 Å². The van der Waals surface area contributed by atoms with Crippen LogP contribution < -0.4 is 0 Å². The number of hydrogen-bond donors (Lipinski definition) is 0. The lowest BCUT2D eigenvalue weighted by Gasteiger charge is -2.60. The Balaban J connectivity index is 2.31. The second kappa shape index (κ2) is 4.79. The first kappa shape index (κ1) is 16.5. The topological polar surface area (TPSA) is 64.4 Å². The molecule has 6 nitrogen and oxygen atoms in total. The molecule has 1 aromatic rings. The number of sulfonamides is 1. The molecule has 0 unspecified atom stereocenters. The van der Waals surface area contributed by atoms with Crippen LogP contribution in [0.1, 0.15) is 33.0 Å². The molecule has 0 amide bonds. The van der Waals surface area contributed by atoms with Gasteiger partial charge in [0.05, 0.1) is 5.60 Å². The Bertz CT molecular complexity index is 631. The van der Waals surface area contributed by atoms with Crippen molar-refractivity contribution < 1.29 is 13.2 Å². The first-order chi connectivity index (χ1) is 9.47. The van der Waals surface area contributed by atoms with Crippen LogP contribution >= 0.6 is 0 Å². The van der Waals surface area contributed by atoms with Gasteiger partial charge in [-0.25, -0.2) is 13.4 Å². The number of imidazole rings is 1.